The van der Waals surface area contributed by atoms with Gasteiger partial charge in [0, 0.05) is 17.8 Å². The molecule has 0 unspecified atom stereocenters. The predicted molar refractivity (Wildman–Crippen MR) is 108 cm³/mol. The van der Waals surface area contributed by atoms with Gasteiger partial charge in [-0.3, -0.25) is 9.59 Å². The van der Waals surface area contributed by atoms with E-state index in [0.717, 1.165) is 6.07 Å². The largest absolute Gasteiger partial charge is 0.573 e. The highest BCUT2D eigenvalue weighted by molar-refractivity contribution is 6.02. The summed E-state index contributed by atoms with van der Waals surface area (Å²) in [5.41, 5.74) is 0.634. The Bertz CT molecular complexity index is 1110. The summed E-state index contributed by atoms with van der Waals surface area (Å²) in [4.78, 5) is 36.0. The molecule has 3 rings (SSSR count). The Kier molecular flexibility index (Phi) is 7.34. The van der Waals surface area contributed by atoms with Crippen LogP contribution in [0.4, 0.5) is 18.9 Å². The average Bonchev–Trinajstić information content (AvgIpc) is 3.31. The molecule has 0 aliphatic carbocycles. The van der Waals surface area contributed by atoms with E-state index < -0.39 is 36.5 Å². The lowest BCUT2D eigenvalue weighted by atomic mass is 10.2. The van der Waals surface area contributed by atoms with Crippen molar-refractivity contribution in [3.8, 4) is 5.75 Å². The molecule has 172 valence electrons. The highest BCUT2D eigenvalue weighted by atomic mass is 19.4. The van der Waals surface area contributed by atoms with E-state index in [1.54, 1.807) is 6.07 Å². The molecule has 0 aliphatic heterocycles. The van der Waals surface area contributed by atoms with Gasteiger partial charge in [0.2, 0.25) is 0 Å². The lowest BCUT2D eigenvalue weighted by molar-refractivity contribution is -0.274. The van der Waals surface area contributed by atoms with Gasteiger partial charge in [-0.25, -0.2) is 4.79 Å². The van der Waals surface area contributed by atoms with Gasteiger partial charge in [-0.2, -0.15) is 0 Å². The number of amides is 2. The van der Waals surface area contributed by atoms with Crippen LogP contribution in [0.25, 0.3) is 0 Å². The molecule has 0 spiro atoms. The third kappa shape index (κ3) is 7.13. The Morgan fingerprint density at radius 2 is 1.67 bits per heavy atom. The van der Waals surface area contributed by atoms with Crippen molar-refractivity contribution >= 4 is 23.5 Å². The number of ether oxygens (including phenoxy) is 2. The van der Waals surface area contributed by atoms with Gasteiger partial charge >= 0.3 is 12.3 Å². The molecule has 0 radical (unpaired) electrons. The van der Waals surface area contributed by atoms with E-state index in [1.165, 1.54) is 54.8 Å². The molecule has 0 atom stereocenters. The predicted octanol–water partition coefficient (Wildman–Crippen LogP) is 3.90. The van der Waals surface area contributed by atoms with E-state index >= 15 is 0 Å². The summed E-state index contributed by atoms with van der Waals surface area (Å²) in [6.45, 7) is -0.898. The quantitative estimate of drug-likeness (QED) is 0.492. The average molecular weight is 462 g/mol. The molecule has 11 heteroatoms. The first-order valence-electron chi connectivity index (χ1n) is 9.43. The first kappa shape index (κ1) is 23.4. The fourth-order valence-corrected chi connectivity index (χ4v) is 2.62. The van der Waals surface area contributed by atoms with Crippen LogP contribution in [0.3, 0.4) is 0 Å². The Morgan fingerprint density at radius 1 is 0.939 bits per heavy atom. The van der Waals surface area contributed by atoms with Crippen molar-refractivity contribution in [2.75, 3.05) is 11.9 Å². The van der Waals surface area contributed by atoms with Crippen molar-refractivity contribution < 1.29 is 41.4 Å². The molecule has 0 saturated carbocycles. The van der Waals surface area contributed by atoms with Crippen LogP contribution >= 0.6 is 0 Å². The van der Waals surface area contributed by atoms with Crippen LogP contribution in [0.5, 0.6) is 5.75 Å². The van der Waals surface area contributed by atoms with Crippen LogP contribution in [0.1, 0.15) is 26.5 Å². The van der Waals surface area contributed by atoms with Gasteiger partial charge < -0.3 is 24.5 Å². The second-order valence-corrected chi connectivity index (χ2v) is 6.52. The molecule has 1 heterocycles. The minimum Gasteiger partial charge on any atom is -0.459 e. The molecule has 0 aliphatic rings. The number of furan rings is 1. The van der Waals surface area contributed by atoms with Crippen LogP contribution in [0, 0.1) is 0 Å². The third-order valence-corrected chi connectivity index (χ3v) is 4.13. The fourth-order valence-electron chi connectivity index (χ4n) is 2.62. The molecule has 2 amide bonds. The maximum Gasteiger partial charge on any atom is 0.573 e. The topological polar surface area (TPSA) is 107 Å². The van der Waals surface area contributed by atoms with Gasteiger partial charge in [0.25, 0.3) is 11.8 Å². The Hall–Kier alpha value is -4.28. The Balaban J connectivity index is 1.47. The van der Waals surface area contributed by atoms with Crippen LogP contribution in [0.2, 0.25) is 0 Å². The zero-order valence-corrected chi connectivity index (χ0v) is 16.8. The summed E-state index contributed by atoms with van der Waals surface area (Å²) in [5.74, 6) is -2.30. The molecule has 33 heavy (non-hydrogen) atoms. The van der Waals surface area contributed by atoms with Gasteiger partial charge in [0.1, 0.15) is 5.75 Å². The molecular weight excluding hydrogens is 445 g/mol. The summed E-state index contributed by atoms with van der Waals surface area (Å²) in [6.07, 6.45) is -3.51. The number of halogens is 3. The SMILES string of the molecule is O=C(COC(=O)c1ccc(NC(=O)c2ccco2)cc1)NCc1ccccc1OC(F)(F)F. The summed E-state index contributed by atoms with van der Waals surface area (Å²) in [6, 6.07) is 14.1. The standard InChI is InChI=1S/C22H17F3N2O6/c23-22(24,25)33-17-5-2-1-4-15(17)12-26-19(28)13-32-21(30)14-7-9-16(10-8-14)27-20(29)18-6-3-11-31-18/h1-11H,12-13H2,(H,26,28)(H,27,29). The van der Waals surface area contributed by atoms with E-state index in [-0.39, 0.29) is 23.4 Å². The first-order valence-corrected chi connectivity index (χ1v) is 9.43. The minimum absolute atomic E-state index is 0.0988. The number of anilines is 1. The molecule has 3 aromatic rings. The summed E-state index contributed by atoms with van der Waals surface area (Å²) >= 11 is 0. The second kappa shape index (κ2) is 10.4. The van der Waals surface area contributed by atoms with Gasteiger partial charge in [0.05, 0.1) is 11.8 Å². The number of benzene rings is 2. The van der Waals surface area contributed by atoms with Gasteiger partial charge in [0.15, 0.2) is 12.4 Å². The number of alkyl halides is 3. The van der Waals surface area contributed by atoms with Crippen LogP contribution in [-0.2, 0) is 16.1 Å². The number of hydrogen-bond donors (Lipinski definition) is 2. The highest BCUT2D eigenvalue weighted by Gasteiger charge is 2.32. The lowest BCUT2D eigenvalue weighted by Crippen LogP contribution is -2.29. The number of nitrogens with one attached hydrogen (secondary N) is 2. The molecule has 0 saturated heterocycles. The van der Waals surface area contributed by atoms with Crippen molar-refractivity contribution in [1.29, 1.82) is 0 Å². The molecule has 2 aromatic carbocycles. The molecule has 0 fully saturated rings. The molecule has 8 nitrogen and oxygen atoms in total. The number of hydrogen-bond acceptors (Lipinski definition) is 6. The second-order valence-electron chi connectivity index (χ2n) is 6.52. The molecular formula is C22H17F3N2O6. The monoisotopic (exact) mass is 462 g/mol. The van der Waals surface area contributed by atoms with Gasteiger partial charge in [-0.15, -0.1) is 13.2 Å². The number of rotatable bonds is 8. The van der Waals surface area contributed by atoms with Gasteiger partial charge in [-0.05, 0) is 42.5 Å². The lowest BCUT2D eigenvalue weighted by Gasteiger charge is -2.13. The smallest absolute Gasteiger partial charge is 0.459 e. The van der Waals surface area contributed by atoms with E-state index in [9.17, 15) is 27.6 Å². The normalized spacial score (nSPS) is 10.9. The minimum atomic E-state index is -4.87. The summed E-state index contributed by atoms with van der Waals surface area (Å²) in [5, 5.41) is 4.94. The van der Waals surface area contributed by atoms with E-state index in [0.29, 0.717) is 5.69 Å². The summed E-state index contributed by atoms with van der Waals surface area (Å²) < 4.78 is 51.1. The number of para-hydroxylation sites is 1. The van der Waals surface area contributed by atoms with Crippen molar-refractivity contribution in [2.45, 2.75) is 12.9 Å². The van der Waals surface area contributed by atoms with Crippen molar-refractivity contribution in [1.82, 2.24) is 5.32 Å². The Labute approximate surface area is 185 Å². The fraction of sp³-hybridized carbons (Fsp3) is 0.136. The molecule has 2 N–H and O–H groups in total. The van der Waals surface area contributed by atoms with Gasteiger partial charge in [-0.1, -0.05) is 18.2 Å². The van der Waals surface area contributed by atoms with Crippen molar-refractivity contribution in [2.24, 2.45) is 0 Å². The van der Waals surface area contributed by atoms with E-state index in [4.69, 9.17) is 9.15 Å². The maximum atomic E-state index is 12.5. The van der Waals surface area contributed by atoms with Crippen LogP contribution in [-0.4, -0.2) is 30.8 Å². The maximum absolute atomic E-state index is 12.5. The zero-order chi connectivity index (χ0) is 23.8. The number of carbonyl (C=O) groups is 3. The summed E-state index contributed by atoms with van der Waals surface area (Å²) in [7, 11) is 0. The Morgan fingerprint density at radius 3 is 2.33 bits per heavy atom. The highest BCUT2D eigenvalue weighted by Crippen LogP contribution is 2.26. The molecule has 1 aromatic heterocycles. The third-order valence-electron chi connectivity index (χ3n) is 4.13. The van der Waals surface area contributed by atoms with Crippen molar-refractivity contribution in [3.05, 3.63) is 83.8 Å². The number of esters is 1. The van der Waals surface area contributed by atoms with E-state index in [1.807, 2.05) is 0 Å². The molecule has 0 bridgehead atoms. The first-order chi connectivity index (χ1) is 15.7. The number of carbonyl (C=O) groups excluding carboxylic acids is 3. The van der Waals surface area contributed by atoms with Crippen LogP contribution in [0.15, 0.2) is 71.3 Å². The van der Waals surface area contributed by atoms with E-state index in [2.05, 4.69) is 15.4 Å². The van der Waals surface area contributed by atoms with Crippen LogP contribution < -0.4 is 15.4 Å². The zero-order valence-electron chi connectivity index (χ0n) is 16.8. The van der Waals surface area contributed by atoms with Crippen molar-refractivity contribution in [3.63, 3.8) is 0 Å².